The van der Waals surface area contributed by atoms with Crippen LogP contribution >= 0.6 is 23.4 Å². The van der Waals surface area contributed by atoms with Crippen LogP contribution < -0.4 is 22.4 Å². The highest BCUT2D eigenvalue weighted by atomic mass is 35.5. The molecule has 0 aliphatic heterocycles. The smallest absolute Gasteiger partial charge is 0.258 e. The first-order chi connectivity index (χ1) is 9.60. The van der Waals surface area contributed by atoms with E-state index in [1.165, 1.54) is 0 Å². The van der Waals surface area contributed by atoms with Crippen molar-refractivity contribution < 1.29 is 4.79 Å². The highest BCUT2D eigenvalue weighted by Crippen LogP contribution is 2.18. The van der Waals surface area contributed by atoms with E-state index in [0.717, 1.165) is 16.4 Å². The normalized spacial score (nSPS) is 10.3. The predicted octanol–water partition coefficient (Wildman–Crippen LogP) is 0.662. The Morgan fingerprint density at radius 1 is 1.45 bits per heavy atom. The summed E-state index contributed by atoms with van der Waals surface area (Å²) in [7, 11) is 0. The van der Waals surface area contributed by atoms with Gasteiger partial charge in [-0.05, 0) is 18.2 Å². The third-order valence-electron chi connectivity index (χ3n) is 2.23. The zero-order valence-corrected chi connectivity index (χ0v) is 11.8. The molecule has 8 nitrogen and oxygen atoms in total. The SMILES string of the molecule is NNc1nnc(SCC(=O)Nc2cccc(Cl)c2)n1N. The van der Waals surface area contributed by atoms with Crippen LogP contribution in [0.4, 0.5) is 11.6 Å². The van der Waals surface area contributed by atoms with Crippen molar-refractivity contribution in [3.05, 3.63) is 29.3 Å². The van der Waals surface area contributed by atoms with E-state index in [9.17, 15) is 4.79 Å². The quantitative estimate of drug-likeness (QED) is 0.363. The van der Waals surface area contributed by atoms with Gasteiger partial charge in [-0.2, -0.15) is 0 Å². The Balaban J connectivity index is 1.90. The molecule has 0 bridgehead atoms. The first kappa shape index (κ1) is 14.4. The number of benzene rings is 1. The van der Waals surface area contributed by atoms with Gasteiger partial charge in [0.25, 0.3) is 5.95 Å². The summed E-state index contributed by atoms with van der Waals surface area (Å²) in [6.07, 6.45) is 0. The van der Waals surface area contributed by atoms with Gasteiger partial charge in [0.1, 0.15) is 0 Å². The molecule has 1 heterocycles. The number of nitrogens with one attached hydrogen (secondary N) is 2. The maximum atomic E-state index is 11.8. The molecular weight excluding hydrogens is 302 g/mol. The van der Waals surface area contributed by atoms with Crippen LogP contribution in [0, 0.1) is 0 Å². The number of nitrogen functional groups attached to an aromatic ring is 2. The fourth-order valence-corrected chi connectivity index (χ4v) is 2.21. The standard InChI is InChI=1S/C10H12ClN7OS/c11-6-2-1-3-7(4-6)14-8(19)5-20-10-17-16-9(15-12)18(10)13/h1-4H,5,12-13H2,(H,14,19)(H,15,16). The summed E-state index contributed by atoms with van der Waals surface area (Å²) in [5, 5.41) is 11.1. The molecule has 1 aromatic heterocycles. The average Bonchev–Trinajstić information content (AvgIpc) is 2.77. The van der Waals surface area contributed by atoms with E-state index in [0.29, 0.717) is 15.9 Å². The third kappa shape index (κ3) is 3.53. The van der Waals surface area contributed by atoms with E-state index in [2.05, 4.69) is 20.9 Å². The van der Waals surface area contributed by atoms with Gasteiger partial charge in [0.2, 0.25) is 11.1 Å². The summed E-state index contributed by atoms with van der Waals surface area (Å²) >= 11 is 6.97. The third-order valence-corrected chi connectivity index (χ3v) is 3.41. The highest BCUT2D eigenvalue weighted by Gasteiger charge is 2.11. The number of hydrazine groups is 1. The summed E-state index contributed by atoms with van der Waals surface area (Å²) in [5.41, 5.74) is 2.91. The molecular formula is C10H12ClN7OS. The molecule has 0 unspecified atom stereocenters. The Morgan fingerprint density at radius 3 is 2.90 bits per heavy atom. The molecule has 106 valence electrons. The van der Waals surface area contributed by atoms with E-state index in [-0.39, 0.29) is 17.6 Å². The first-order valence-corrected chi connectivity index (χ1v) is 6.82. The van der Waals surface area contributed by atoms with E-state index in [4.69, 9.17) is 23.3 Å². The van der Waals surface area contributed by atoms with Crippen molar-refractivity contribution >= 4 is 40.9 Å². The predicted molar refractivity (Wildman–Crippen MR) is 78.8 cm³/mol. The molecule has 0 atom stereocenters. The van der Waals surface area contributed by atoms with Crippen molar-refractivity contribution in [1.82, 2.24) is 14.9 Å². The molecule has 0 aliphatic carbocycles. The van der Waals surface area contributed by atoms with Gasteiger partial charge in [0.15, 0.2) is 0 Å². The number of carbonyl (C=O) groups is 1. The lowest BCUT2D eigenvalue weighted by atomic mass is 10.3. The maximum Gasteiger partial charge on any atom is 0.258 e. The number of hydrogen-bond donors (Lipinski definition) is 4. The van der Waals surface area contributed by atoms with Crippen molar-refractivity contribution in [3.63, 3.8) is 0 Å². The van der Waals surface area contributed by atoms with Gasteiger partial charge in [0, 0.05) is 10.7 Å². The molecule has 6 N–H and O–H groups in total. The second kappa shape index (κ2) is 6.46. The second-order valence-electron chi connectivity index (χ2n) is 3.67. The fraction of sp³-hybridized carbons (Fsp3) is 0.100. The number of hydrogen-bond acceptors (Lipinski definition) is 7. The number of nitrogens with two attached hydrogens (primary N) is 2. The molecule has 1 aromatic carbocycles. The Labute approximate surface area is 123 Å². The van der Waals surface area contributed by atoms with Crippen LogP contribution in [0.1, 0.15) is 0 Å². The van der Waals surface area contributed by atoms with Crippen LogP contribution in [0.5, 0.6) is 0 Å². The van der Waals surface area contributed by atoms with Crippen LogP contribution in [0.15, 0.2) is 29.4 Å². The van der Waals surface area contributed by atoms with E-state index in [1.54, 1.807) is 24.3 Å². The molecule has 0 radical (unpaired) electrons. The number of carbonyl (C=O) groups excluding carboxylic acids is 1. The molecule has 0 saturated heterocycles. The number of rotatable bonds is 5. The highest BCUT2D eigenvalue weighted by molar-refractivity contribution is 7.99. The van der Waals surface area contributed by atoms with E-state index >= 15 is 0 Å². The molecule has 0 aliphatic rings. The fourth-order valence-electron chi connectivity index (χ4n) is 1.37. The number of halogens is 1. The molecule has 10 heteroatoms. The van der Waals surface area contributed by atoms with Crippen LogP contribution in [-0.4, -0.2) is 26.5 Å². The Hall–Kier alpha value is -1.97. The Kier molecular flexibility index (Phi) is 4.66. The lowest BCUT2D eigenvalue weighted by Crippen LogP contribution is -2.19. The summed E-state index contributed by atoms with van der Waals surface area (Å²) in [5.74, 6) is 11.0. The number of aromatic nitrogens is 3. The summed E-state index contributed by atoms with van der Waals surface area (Å²) in [6, 6.07) is 6.88. The minimum atomic E-state index is -0.206. The lowest BCUT2D eigenvalue weighted by Gasteiger charge is -2.05. The van der Waals surface area contributed by atoms with Crippen molar-refractivity contribution in [1.29, 1.82) is 0 Å². The van der Waals surface area contributed by atoms with E-state index < -0.39 is 0 Å². The molecule has 2 aromatic rings. The van der Waals surface area contributed by atoms with Crippen molar-refractivity contribution in [2.24, 2.45) is 5.84 Å². The first-order valence-electron chi connectivity index (χ1n) is 5.45. The van der Waals surface area contributed by atoms with E-state index in [1.807, 2.05) is 0 Å². The number of nitrogens with zero attached hydrogens (tertiary/aromatic N) is 3. The number of amides is 1. The summed E-state index contributed by atoms with van der Waals surface area (Å²) in [4.78, 5) is 11.8. The van der Waals surface area contributed by atoms with Crippen LogP contribution in [-0.2, 0) is 4.79 Å². The lowest BCUT2D eigenvalue weighted by molar-refractivity contribution is -0.113. The van der Waals surface area contributed by atoms with Crippen molar-refractivity contribution in [2.45, 2.75) is 5.16 Å². The second-order valence-corrected chi connectivity index (χ2v) is 5.05. The van der Waals surface area contributed by atoms with Gasteiger partial charge in [-0.3, -0.25) is 10.2 Å². The Bertz CT molecular complexity index is 617. The van der Waals surface area contributed by atoms with Gasteiger partial charge < -0.3 is 11.2 Å². The molecule has 1 amide bonds. The molecule has 0 saturated carbocycles. The number of anilines is 2. The van der Waals surface area contributed by atoms with Gasteiger partial charge in [-0.1, -0.05) is 29.4 Å². The molecule has 2 rings (SSSR count). The number of thioether (sulfide) groups is 1. The van der Waals surface area contributed by atoms with Crippen molar-refractivity contribution in [3.8, 4) is 0 Å². The van der Waals surface area contributed by atoms with Gasteiger partial charge in [-0.15, -0.1) is 10.2 Å². The van der Waals surface area contributed by atoms with Gasteiger partial charge >= 0.3 is 0 Å². The van der Waals surface area contributed by atoms with Crippen LogP contribution in [0.25, 0.3) is 0 Å². The average molecular weight is 314 g/mol. The largest absolute Gasteiger partial charge is 0.334 e. The zero-order chi connectivity index (χ0) is 14.5. The topological polar surface area (TPSA) is 124 Å². The Morgan fingerprint density at radius 2 is 2.25 bits per heavy atom. The van der Waals surface area contributed by atoms with Crippen molar-refractivity contribution in [2.75, 3.05) is 22.3 Å². The van der Waals surface area contributed by atoms with Gasteiger partial charge in [0.05, 0.1) is 5.75 Å². The molecule has 0 fully saturated rings. The minimum Gasteiger partial charge on any atom is -0.334 e. The van der Waals surface area contributed by atoms with Crippen LogP contribution in [0.3, 0.4) is 0 Å². The monoisotopic (exact) mass is 313 g/mol. The zero-order valence-electron chi connectivity index (χ0n) is 10.2. The van der Waals surface area contributed by atoms with Gasteiger partial charge in [-0.25, -0.2) is 10.5 Å². The molecule has 20 heavy (non-hydrogen) atoms. The summed E-state index contributed by atoms with van der Waals surface area (Å²) in [6.45, 7) is 0. The summed E-state index contributed by atoms with van der Waals surface area (Å²) < 4.78 is 1.16. The van der Waals surface area contributed by atoms with Crippen LogP contribution in [0.2, 0.25) is 5.02 Å². The molecule has 0 spiro atoms. The maximum absolute atomic E-state index is 11.8. The minimum absolute atomic E-state index is 0.131.